The van der Waals surface area contributed by atoms with Gasteiger partial charge in [0.2, 0.25) is 0 Å². The molecule has 0 unspecified atom stereocenters. The van der Waals surface area contributed by atoms with Gasteiger partial charge in [-0.2, -0.15) is 0 Å². The fourth-order valence-corrected chi connectivity index (χ4v) is 1.34. The summed E-state index contributed by atoms with van der Waals surface area (Å²) >= 11 is 5.82. The molecule has 0 amide bonds. The zero-order valence-corrected chi connectivity index (χ0v) is 10.3. The first-order valence-electron chi connectivity index (χ1n) is 3.50. The van der Waals surface area contributed by atoms with Crippen LogP contribution < -0.4 is 0 Å². The summed E-state index contributed by atoms with van der Waals surface area (Å²) in [6.45, 7) is 0. The van der Waals surface area contributed by atoms with E-state index in [2.05, 4.69) is 12.1 Å². The number of rotatable bonds is 0. The van der Waals surface area contributed by atoms with Crippen LogP contribution in [0.2, 0.25) is 5.02 Å². The van der Waals surface area contributed by atoms with Crippen LogP contribution in [0.5, 0.6) is 0 Å². The number of hydrogen-bond donors (Lipinski definition) is 0. The number of halogens is 1. The van der Waals surface area contributed by atoms with E-state index in [0.717, 1.165) is 5.02 Å². The molecule has 2 rings (SSSR count). The summed E-state index contributed by atoms with van der Waals surface area (Å²) in [4.78, 5) is 0. The molecule has 2 aromatic carbocycles. The van der Waals surface area contributed by atoms with Crippen molar-refractivity contribution in [3.8, 4) is 0 Å². The van der Waals surface area contributed by atoms with Crippen molar-refractivity contribution in [2.45, 2.75) is 0 Å². The summed E-state index contributed by atoms with van der Waals surface area (Å²) in [5.74, 6) is 0. The summed E-state index contributed by atoms with van der Waals surface area (Å²) in [7, 11) is 0. The van der Waals surface area contributed by atoms with E-state index in [-0.39, 0.29) is 19.5 Å². The third kappa shape index (κ3) is 1.85. The molecule has 2 heteroatoms. The maximum atomic E-state index is 5.82. The molecule has 0 aliphatic heterocycles. The van der Waals surface area contributed by atoms with Crippen molar-refractivity contribution in [2.75, 3.05) is 0 Å². The van der Waals surface area contributed by atoms with Gasteiger partial charge in [0.1, 0.15) is 0 Å². The second kappa shape index (κ2) is 4.02. The molecule has 0 heterocycles. The van der Waals surface area contributed by atoms with Gasteiger partial charge in [0.25, 0.3) is 0 Å². The molecule has 0 atom stereocenters. The van der Waals surface area contributed by atoms with Gasteiger partial charge < -0.3 is 0 Å². The second-order valence-corrected chi connectivity index (χ2v) is 2.93. The zero-order valence-electron chi connectivity index (χ0n) is 6.63. The van der Waals surface area contributed by atoms with E-state index in [1.54, 1.807) is 0 Å². The van der Waals surface area contributed by atoms with E-state index in [9.17, 15) is 0 Å². The predicted octanol–water partition coefficient (Wildman–Crippen LogP) is 3.49. The Morgan fingerprint density at radius 1 is 0.833 bits per heavy atom. The molecule has 0 radical (unpaired) electrons. The molecule has 0 bridgehead atoms. The third-order valence-electron chi connectivity index (χ3n) is 1.71. The SMILES string of the molecule is Clc1ccc2ccccc2c1.[Zn]. The first-order valence-corrected chi connectivity index (χ1v) is 3.88. The Hall–Kier alpha value is -0.387. The van der Waals surface area contributed by atoms with Crippen LogP contribution >= 0.6 is 11.6 Å². The Balaban J connectivity index is 0.000000720. The van der Waals surface area contributed by atoms with E-state index in [4.69, 9.17) is 11.6 Å². The molecule has 12 heavy (non-hydrogen) atoms. The van der Waals surface area contributed by atoms with Gasteiger partial charge in [0.05, 0.1) is 0 Å². The topological polar surface area (TPSA) is 0 Å². The average molecular weight is 228 g/mol. The van der Waals surface area contributed by atoms with Crippen LogP contribution in [0, 0.1) is 0 Å². The Morgan fingerprint density at radius 2 is 1.50 bits per heavy atom. The van der Waals surface area contributed by atoms with Crippen LogP contribution in [0.15, 0.2) is 42.5 Å². The van der Waals surface area contributed by atoms with Crippen molar-refractivity contribution in [3.05, 3.63) is 47.5 Å². The van der Waals surface area contributed by atoms with E-state index < -0.39 is 0 Å². The molecular weight excluding hydrogens is 221 g/mol. The number of hydrogen-bond acceptors (Lipinski definition) is 0. The first kappa shape index (κ1) is 9.70. The van der Waals surface area contributed by atoms with Gasteiger partial charge in [0.15, 0.2) is 0 Å². The summed E-state index contributed by atoms with van der Waals surface area (Å²) in [5, 5.41) is 3.22. The molecule has 2 aromatic rings. The summed E-state index contributed by atoms with van der Waals surface area (Å²) in [6.07, 6.45) is 0. The van der Waals surface area contributed by atoms with E-state index in [1.807, 2.05) is 30.3 Å². The van der Waals surface area contributed by atoms with Crippen LogP contribution in [0.25, 0.3) is 10.8 Å². The summed E-state index contributed by atoms with van der Waals surface area (Å²) in [6, 6.07) is 14.1. The fraction of sp³-hybridized carbons (Fsp3) is 0. The molecule has 0 spiro atoms. The Labute approximate surface area is 89.3 Å². The fourth-order valence-electron chi connectivity index (χ4n) is 1.16. The average Bonchev–Trinajstić information content (AvgIpc) is 2.04. The van der Waals surface area contributed by atoms with Crippen molar-refractivity contribution >= 4 is 22.4 Å². The van der Waals surface area contributed by atoms with Crippen LogP contribution in [-0.2, 0) is 19.5 Å². The Kier molecular flexibility index (Phi) is 3.25. The van der Waals surface area contributed by atoms with Gasteiger partial charge in [0, 0.05) is 24.5 Å². The number of fused-ring (bicyclic) bond motifs is 1. The van der Waals surface area contributed by atoms with Gasteiger partial charge in [-0.25, -0.2) is 0 Å². The molecule has 0 N–H and O–H groups in total. The van der Waals surface area contributed by atoms with Gasteiger partial charge >= 0.3 is 0 Å². The standard InChI is InChI=1S/C10H7Cl.Zn/c11-10-6-5-8-3-1-2-4-9(8)7-10;/h1-7H;. The van der Waals surface area contributed by atoms with Crippen LogP contribution in [0.3, 0.4) is 0 Å². The quantitative estimate of drug-likeness (QED) is 0.605. The molecule has 0 aliphatic carbocycles. The van der Waals surface area contributed by atoms with Gasteiger partial charge in [-0.1, -0.05) is 41.9 Å². The van der Waals surface area contributed by atoms with E-state index in [0.29, 0.717) is 0 Å². The van der Waals surface area contributed by atoms with Crippen LogP contribution in [0.1, 0.15) is 0 Å². The third-order valence-corrected chi connectivity index (χ3v) is 1.95. The molecule has 0 saturated carbocycles. The number of benzene rings is 2. The molecule has 0 aliphatic rings. The Bertz CT molecular complexity index is 384. The normalized spacial score (nSPS) is 9.42. The summed E-state index contributed by atoms with van der Waals surface area (Å²) < 4.78 is 0. The predicted molar refractivity (Wildman–Crippen MR) is 49.0 cm³/mol. The van der Waals surface area contributed by atoms with Gasteiger partial charge in [-0.15, -0.1) is 0 Å². The monoisotopic (exact) mass is 226 g/mol. The zero-order chi connectivity index (χ0) is 7.68. The van der Waals surface area contributed by atoms with E-state index in [1.165, 1.54) is 10.8 Å². The van der Waals surface area contributed by atoms with Crippen molar-refractivity contribution in [2.24, 2.45) is 0 Å². The van der Waals surface area contributed by atoms with Crippen molar-refractivity contribution < 1.29 is 19.5 Å². The van der Waals surface area contributed by atoms with Crippen molar-refractivity contribution in [1.82, 2.24) is 0 Å². The molecule has 0 aromatic heterocycles. The minimum Gasteiger partial charge on any atom is -0.0843 e. The van der Waals surface area contributed by atoms with Gasteiger partial charge in [-0.05, 0) is 22.9 Å². The molecule has 56 valence electrons. The maximum Gasteiger partial charge on any atom is 0.0412 e. The van der Waals surface area contributed by atoms with Crippen molar-refractivity contribution in [1.29, 1.82) is 0 Å². The summed E-state index contributed by atoms with van der Waals surface area (Å²) in [5.41, 5.74) is 0. The van der Waals surface area contributed by atoms with E-state index >= 15 is 0 Å². The van der Waals surface area contributed by atoms with Crippen LogP contribution in [-0.4, -0.2) is 0 Å². The molecule has 0 nitrogen and oxygen atoms in total. The second-order valence-electron chi connectivity index (χ2n) is 2.49. The Morgan fingerprint density at radius 3 is 2.25 bits per heavy atom. The minimum atomic E-state index is 0. The van der Waals surface area contributed by atoms with Gasteiger partial charge in [-0.3, -0.25) is 0 Å². The molecule has 0 fully saturated rings. The molecule has 0 saturated heterocycles. The smallest absolute Gasteiger partial charge is 0.0412 e. The largest absolute Gasteiger partial charge is 0.0843 e. The first-order chi connectivity index (χ1) is 5.36. The van der Waals surface area contributed by atoms with Crippen molar-refractivity contribution in [3.63, 3.8) is 0 Å². The minimum absolute atomic E-state index is 0. The molecular formula is C10H7ClZn. The van der Waals surface area contributed by atoms with Crippen LogP contribution in [0.4, 0.5) is 0 Å². The maximum absolute atomic E-state index is 5.82.